The zero-order chi connectivity index (χ0) is 21.5. The smallest absolute Gasteiger partial charge is 0.251 e. The van der Waals surface area contributed by atoms with E-state index >= 15 is 0 Å². The van der Waals surface area contributed by atoms with Crippen molar-refractivity contribution in [3.63, 3.8) is 0 Å². The number of hydrogen-bond acceptors (Lipinski definition) is 4. The number of amides is 1. The second kappa shape index (κ2) is 7.71. The highest BCUT2D eigenvalue weighted by Gasteiger charge is 2.35. The van der Waals surface area contributed by atoms with E-state index < -0.39 is 15.6 Å². The molecular formula is C23H28N2O4S. The first-order valence-electron chi connectivity index (χ1n) is 10.4. The number of nitrogens with zero attached hydrogens (tertiary/aromatic N) is 1. The van der Waals surface area contributed by atoms with E-state index in [1.54, 1.807) is 18.2 Å². The first kappa shape index (κ1) is 20.9. The van der Waals surface area contributed by atoms with Gasteiger partial charge in [-0.25, -0.2) is 8.42 Å². The number of carbonyl (C=O) groups is 1. The molecule has 1 amide bonds. The first-order valence-corrected chi connectivity index (χ1v) is 11.8. The number of nitrogens with one attached hydrogen (secondary N) is 1. The van der Waals surface area contributed by atoms with Crippen LogP contribution >= 0.6 is 0 Å². The van der Waals surface area contributed by atoms with Crippen molar-refractivity contribution < 1.29 is 17.9 Å². The zero-order valence-corrected chi connectivity index (χ0v) is 18.5. The summed E-state index contributed by atoms with van der Waals surface area (Å²) in [4.78, 5) is 13.2. The van der Waals surface area contributed by atoms with Crippen LogP contribution in [0.15, 0.2) is 47.4 Å². The van der Waals surface area contributed by atoms with Crippen LogP contribution in [-0.4, -0.2) is 37.3 Å². The summed E-state index contributed by atoms with van der Waals surface area (Å²) >= 11 is 0. The Bertz CT molecular complexity index is 1070. The fraction of sp³-hybridized carbons (Fsp3) is 0.435. The maximum atomic E-state index is 13.1. The van der Waals surface area contributed by atoms with Crippen molar-refractivity contribution >= 4 is 15.9 Å². The third kappa shape index (κ3) is 4.09. The van der Waals surface area contributed by atoms with E-state index in [1.807, 2.05) is 39.0 Å². The maximum Gasteiger partial charge on any atom is 0.251 e. The van der Waals surface area contributed by atoms with E-state index in [4.69, 9.17) is 4.74 Å². The fourth-order valence-electron chi connectivity index (χ4n) is 4.22. The van der Waals surface area contributed by atoms with Gasteiger partial charge in [-0.2, -0.15) is 4.31 Å². The third-order valence-electron chi connectivity index (χ3n) is 5.73. The first-order chi connectivity index (χ1) is 14.2. The van der Waals surface area contributed by atoms with Gasteiger partial charge in [-0.15, -0.1) is 0 Å². The average Bonchev–Trinajstić information content (AvgIpc) is 3.24. The van der Waals surface area contributed by atoms with Gasteiger partial charge in [0.1, 0.15) is 11.4 Å². The molecule has 2 aromatic rings. The molecule has 30 heavy (non-hydrogen) atoms. The number of ether oxygens (including phenoxy) is 1. The Morgan fingerprint density at radius 1 is 1.13 bits per heavy atom. The van der Waals surface area contributed by atoms with E-state index in [1.165, 1.54) is 10.4 Å². The topological polar surface area (TPSA) is 75.7 Å². The fourth-order valence-corrected chi connectivity index (χ4v) is 5.78. The molecule has 0 spiro atoms. The molecule has 6 nitrogen and oxygen atoms in total. The van der Waals surface area contributed by atoms with Gasteiger partial charge in [0.25, 0.3) is 5.91 Å². The van der Waals surface area contributed by atoms with Crippen LogP contribution in [0.3, 0.4) is 0 Å². The summed E-state index contributed by atoms with van der Waals surface area (Å²) in [5.41, 5.74) is 1.97. The summed E-state index contributed by atoms with van der Waals surface area (Å²) in [7, 11) is -3.57. The molecule has 1 saturated heterocycles. The van der Waals surface area contributed by atoms with Gasteiger partial charge in [-0.1, -0.05) is 23.8 Å². The van der Waals surface area contributed by atoms with Crippen LogP contribution in [0.4, 0.5) is 0 Å². The van der Waals surface area contributed by atoms with Gasteiger partial charge >= 0.3 is 0 Å². The van der Waals surface area contributed by atoms with Crippen LogP contribution in [0, 0.1) is 6.92 Å². The van der Waals surface area contributed by atoms with E-state index in [-0.39, 0.29) is 16.8 Å². The predicted octanol–water partition coefficient (Wildman–Crippen LogP) is 3.81. The highest BCUT2D eigenvalue weighted by molar-refractivity contribution is 7.89. The van der Waals surface area contributed by atoms with Crippen LogP contribution in [0.2, 0.25) is 0 Å². The number of aryl methyl sites for hydroxylation is 1. The highest BCUT2D eigenvalue weighted by atomic mass is 32.2. The maximum absolute atomic E-state index is 13.1. The van der Waals surface area contributed by atoms with Crippen molar-refractivity contribution in [2.75, 3.05) is 13.1 Å². The van der Waals surface area contributed by atoms with Crippen LogP contribution in [0.1, 0.15) is 60.6 Å². The Balaban J connectivity index is 1.60. The Kier molecular flexibility index (Phi) is 5.36. The Morgan fingerprint density at radius 2 is 1.87 bits per heavy atom. The van der Waals surface area contributed by atoms with Crippen molar-refractivity contribution in [2.45, 2.75) is 56.6 Å². The second-order valence-electron chi connectivity index (χ2n) is 8.77. The summed E-state index contributed by atoms with van der Waals surface area (Å²) in [6.45, 7) is 7.07. The largest absolute Gasteiger partial charge is 0.487 e. The number of sulfonamides is 1. The standard InChI is InChI=1S/C23H28N2O4S/c1-16-9-10-21-19(13-16)20(15-23(2,3)29-21)24-22(26)17-7-6-8-18(14-17)30(27,28)25-11-4-5-12-25/h6-10,13-14,20H,4-5,11-12,15H2,1-3H3,(H,24,26). The molecule has 0 radical (unpaired) electrons. The van der Waals surface area contributed by atoms with Crippen LogP contribution in [0.5, 0.6) is 5.75 Å². The minimum Gasteiger partial charge on any atom is -0.487 e. The molecule has 2 aliphatic heterocycles. The van der Waals surface area contributed by atoms with E-state index in [9.17, 15) is 13.2 Å². The monoisotopic (exact) mass is 428 g/mol. The molecule has 4 rings (SSSR count). The summed E-state index contributed by atoms with van der Waals surface area (Å²) < 4.78 is 33.3. The van der Waals surface area contributed by atoms with Gasteiger partial charge in [-0.3, -0.25) is 4.79 Å². The molecule has 160 valence electrons. The van der Waals surface area contributed by atoms with Gasteiger partial charge in [0.15, 0.2) is 0 Å². The molecule has 1 fully saturated rings. The summed E-state index contributed by atoms with van der Waals surface area (Å²) in [5, 5.41) is 3.10. The van der Waals surface area contributed by atoms with E-state index in [2.05, 4.69) is 5.32 Å². The lowest BCUT2D eigenvalue weighted by Gasteiger charge is -2.38. The molecule has 1 atom stereocenters. The van der Waals surface area contributed by atoms with E-state index in [0.29, 0.717) is 25.1 Å². The Hall–Kier alpha value is -2.38. The average molecular weight is 429 g/mol. The lowest BCUT2D eigenvalue weighted by molar-refractivity contribution is 0.0619. The molecule has 7 heteroatoms. The minimum absolute atomic E-state index is 0.167. The molecule has 0 saturated carbocycles. The van der Waals surface area contributed by atoms with Gasteiger partial charge in [-0.05, 0) is 57.9 Å². The zero-order valence-electron chi connectivity index (χ0n) is 17.6. The lowest BCUT2D eigenvalue weighted by Crippen LogP contribution is -2.41. The molecule has 2 aromatic carbocycles. The number of benzene rings is 2. The quantitative estimate of drug-likeness (QED) is 0.803. The molecular weight excluding hydrogens is 400 g/mol. The SMILES string of the molecule is Cc1ccc2c(c1)C(NC(=O)c1cccc(S(=O)(=O)N3CCCC3)c1)CC(C)(C)O2. The Morgan fingerprint density at radius 3 is 2.60 bits per heavy atom. The predicted molar refractivity (Wildman–Crippen MR) is 115 cm³/mol. The van der Waals surface area contributed by atoms with Crippen molar-refractivity contribution in [1.82, 2.24) is 9.62 Å². The molecule has 0 aliphatic carbocycles. The van der Waals surface area contributed by atoms with Crippen LogP contribution in [0.25, 0.3) is 0 Å². The van der Waals surface area contributed by atoms with Crippen molar-refractivity contribution in [3.05, 3.63) is 59.2 Å². The third-order valence-corrected chi connectivity index (χ3v) is 7.62. The molecule has 0 bridgehead atoms. The van der Waals surface area contributed by atoms with Gasteiger partial charge in [0.2, 0.25) is 10.0 Å². The number of hydrogen-bond donors (Lipinski definition) is 1. The summed E-state index contributed by atoms with van der Waals surface area (Å²) in [6.07, 6.45) is 2.37. The Labute approximate surface area is 178 Å². The van der Waals surface area contributed by atoms with Crippen LogP contribution < -0.4 is 10.1 Å². The number of fused-ring (bicyclic) bond motifs is 1. The second-order valence-corrected chi connectivity index (χ2v) is 10.7. The van der Waals surface area contributed by atoms with Crippen molar-refractivity contribution in [1.29, 1.82) is 0 Å². The van der Waals surface area contributed by atoms with Crippen molar-refractivity contribution in [3.8, 4) is 5.75 Å². The molecule has 0 aromatic heterocycles. The normalized spacial score (nSPS) is 21.0. The van der Waals surface area contributed by atoms with Gasteiger partial charge < -0.3 is 10.1 Å². The molecule has 2 aliphatic rings. The molecule has 2 heterocycles. The van der Waals surface area contributed by atoms with Gasteiger partial charge in [0, 0.05) is 30.6 Å². The minimum atomic E-state index is -3.57. The number of rotatable bonds is 4. The summed E-state index contributed by atoms with van der Waals surface area (Å²) in [5.74, 6) is 0.483. The van der Waals surface area contributed by atoms with Crippen molar-refractivity contribution in [2.24, 2.45) is 0 Å². The molecule has 1 N–H and O–H groups in total. The highest BCUT2D eigenvalue weighted by Crippen LogP contribution is 2.40. The summed E-state index contributed by atoms with van der Waals surface area (Å²) in [6, 6.07) is 12.1. The van der Waals surface area contributed by atoms with E-state index in [0.717, 1.165) is 29.7 Å². The molecule has 1 unspecified atom stereocenters. The lowest BCUT2D eigenvalue weighted by atomic mass is 9.88. The van der Waals surface area contributed by atoms with Crippen LogP contribution in [-0.2, 0) is 10.0 Å². The van der Waals surface area contributed by atoms with Gasteiger partial charge in [0.05, 0.1) is 10.9 Å². The number of carbonyl (C=O) groups excluding carboxylic acids is 1.